The molecular formula is C17H26O. The fourth-order valence-corrected chi connectivity index (χ4v) is 3.08. The number of benzene rings is 1. The normalized spacial score (nSPS) is 18.1. The molecule has 1 aromatic rings. The minimum Gasteiger partial charge on any atom is -0.393 e. The molecule has 0 aliphatic heterocycles. The van der Waals surface area contributed by atoms with Gasteiger partial charge in [-0.15, -0.1) is 0 Å². The topological polar surface area (TPSA) is 20.2 Å². The molecule has 2 rings (SSSR count). The van der Waals surface area contributed by atoms with Crippen molar-refractivity contribution < 1.29 is 5.11 Å². The van der Waals surface area contributed by atoms with Gasteiger partial charge in [0.2, 0.25) is 0 Å². The molecule has 0 spiro atoms. The third kappa shape index (κ3) is 4.13. The van der Waals surface area contributed by atoms with Crippen molar-refractivity contribution in [2.24, 2.45) is 5.92 Å². The van der Waals surface area contributed by atoms with Gasteiger partial charge in [0.1, 0.15) is 0 Å². The average Bonchev–Trinajstić information content (AvgIpc) is 2.88. The first-order valence-corrected chi connectivity index (χ1v) is 7.48. The highest BCUT2D eigenvalue weighted by Gasteiger charge is 2.16. The van der Waals surface area contributed by atoms with Crippen LogP contribution in [0.4, 0.5) is 0 Å². The Kier molecular flexibility index (Phi) is 5.25. The second-order valence-electron chi connectivity index (χ2n) is 5.85. The maximum atomic E-state index is 10.1. The van der Waals surface area contributed by atoms with E-state index >= 15 is 0 Å². The van der Waals surface area contributed by atoms with Gasteiger partial charge in [0.15, 0.2) is 0 Å². The summed E-state index contributed by atoms with van der Waals surface area (Å²) in [6.45, 7) is 2.15. The molecule has 1 aliphatic carbocycles. The van der Waals surface area contributed by atoms with Gasteiger partial charge in [-0.25, -0.2) is 0 Å². The number of rotatable bonds is 6. The molecule has 0 aromatic heterocycles. The van der Waals surface area contributed by atoms with Crippen LogP contribution in [0.1, 0.15) is 56.1 Å². The van der Waals surface area contributed by atoms with Crippen molar-refractivity contribution in [3.63, 3.8) is 0 Å². The van der Waals surface area contributed by atoms with Gasteiger partial charge in [0.25, 0.3) is 0 Å². The van der Waals surface area contributed by atoms with E-state index in [4.69, 9.17) is 0 Å². The van der Waals surface area contributed by atoms with Crippen molar-refractivity contribution in [3.05, 3.63) is 35.4 Å². The maximum absolute atomic E-state index is 10.1. The van der Waals surface area contributed by atoms with Crippen molar-refractivity contribution in [2.75, 3.05) is 0 Å². The highest BCUT2D eigenvalue weighted by Crippen LogP contribution is 2.29. The lowest BCUT2D eigenvalue weighted by Crippen LogP contribution is -2.10. The van der Waals surface area contributed by atoms with Crippen LogP contribution in [0.15, 0.2) is 24.3 Å². The van der Waals surface area contributed by atoms with Crippen LogP contribution >= 0.6 is 0 Å². The fraction of sp³-hybridized carbons (Fsp3) is 0.647. The third-order valence-electron chi connectivity index (χ3n) is 4.39. The summed E-state index contributed by atoms with van der Waals surface area (Å²) in [5.41, 5.74) is 2.73. The van der Waals surface area contributed by atoms with Gasteiger partial charge >= 0.3 is 0 Å². The Hall–Kier alpha value is -0.820. The molecule has 1 N–H and O–H groups in total. The summed E-state index contributed by atoms with van der Waals surface area (Å²) in [4.78, 5) is 0. The molecular weight excluding hydrogens is 220 g/mol. The van der Waals surface area contributed by atoms with Crippen molar-refractivity contribution in [1.82, 2.24) is 0 Å². The van der Waals surface area contributed by atoms with Crippen LogP contribution in [0.3, 0.4) is 0 Å². The van der Waals surface area contributed by atoms with E-state index in [9.17, 15) is 5.11 Å². The first-order valence-electron chi connectivity index (χ1n) is 7.48. The summed E-state index contributed by atoms with van der Waals surface area (Å²) in [7, 11) is 0. The molecule has 1 saturated carbocycles. The van der Waals surface area contributed by atoms with Gasteiger partial charge in [-0.3, -0.25) is 0 Å². The van der Waals surface area contributed by atoms with E-state index in [0.717, 1.165) is 25.2 Å². The van der Waals surface area contributed by atoms with Crippen LogP contribution in [-0.4, -0.2) is 11.2 Å². The Morgan fingerprint density at radius 3 is 2.61 bits per heavy atom. The highest BCUT2D eigenvalue weighted by molar-refractivity contribution is 5.25. The Bertz CT molecular complexity index is 352. The van der Waals surface area contributed by atoms with Gasteiger partial charge in [0.05, 0.1) is 6.10 Å². The maximum Gasteiger partial charge on any atom is 0.0543 e. The summed E-state index contributed by atoms with van der Waals surface area (Å²) in [5.74, 6) is 0.901. The van der Waals surface area contributed by atoms with Crippen LogP contribution in [-0.2, 0) is 6.42 Å². The van der Waals surface area contributed by atoms with Crippen LogP contribution in [0.25, 0.3) is 0 Å². The molecule has 1 aliphatic rings. The molecule has 1 nitrogen and oxygen atoms in total. The van der Waals surface area contributed by atoms with Crippen molar-refractivity contribution in [2.45, 2.75) is 64.4 Å². The summed E-state index contributed by atoms with van der Waals surface area (Å²) in [6.07, 6.45) is 9.65. The quantitative estimate of drug-likeness (QED) is 0.795. The van der Waals surface area contributed by atoms with Crippen molar-refractivity contribution in [3.8, 4) is 0 Å². The highest BCUT2D eigenvalue weighted by atomic mass is 16.3. The summed E-state index contributed by atoms with van der Waals surface area (Å²) in [6, 6.07) is 8.50. The summed E-state index contributed by atoms with van der Waals surface area (Å²) in [5, 5.41) is 10.1. The number of hydrogen-bond donors (Lipinski definition) is 1. The first kappa shape index (κ1) is 13.6. The summed E-state index contributed by atoms with van der Waals surface area (Å²) >= 11 is 0. The molecule has 100 valence electrons. The smallest absolute Gasteiger partial charge is 0.0543 e. The van der Waals surface area contributed by atoms with Crippen LogP contribution < -0.4 is 0 Å². The number of hydrogen-bond acceptors (Lipinski definition) is 1. The van der Waals surface area contributed by atoms with Gasteiger partial charge in [-0.05, 0) is 49.7 Å². The molecule has 0 bridgehead atoms. The van der Waals surface area contributed by atoms with E-state index in [2.05, 4.69) is 31.2 Å². The lowest BCUT2D eigenvalue weighted by atomic mass is 9.96. The minimum absolute atomic E-state index is 0.106. The predicted octanol–water partition coefficient (Wildman–Crippen LogP) is 4.26. The molecule has 0 heterocycles. The lowest BCUT2D eigenvalue weighted by molar-refractivity contribution is 0.145. The molecule has 1 atom stereocenters. The van der Waals surface area contributed by atoms with E-state index in [-0.39, 0.29) is 6.10 Å². The van der Waals surface area contributed by atoms with E-state index in [1.165, 1.54) is 43.2 Å². The van der Waals surface area contributed by atoms with Crippen molar-refractivity contribution in [1.29, 1.82) is 0 Å². The zero-order valence-corrected chi connectivity index (χ0v) is 11.6. The molecule has 0 saturated heterocycles. The lowest BCUT2D eigenvalue weighted by Gasteiger charge is -2.14. The standard InChI is InChI=1S/C17H26O/c1-14-6-2-5-9-16(14)11-13-17(18)12-10-15-7-3-4-8-15/h2,5-6,9,15,17-18H,3-4,7-8,10-13H2,1H3. The molecule has 1 heteroatoms. The molecule has 1 fully saturated rings. The summed E-state index contributed by atoms with van der Waals surface area (Å²) < 4.78 is 0. The average molecular weight is 246 g/mol. The molecule has 0 radical (unpaired) electrons. The monoisotopic (exact) mass is 246 g/mol. The van der Waals surface area contributed by atoms with E-state index < -0.39 is 0 Å². The first-order chi connectivity index (χ1) is 8.75. The number of aliphatic hydroxyl groups excluding tert-OH is 1. The number of aryl methyl sites for hydroxylation is 2. The van der Waals surface area contributed by atoms with Crippen molar-refractivity contribution >= 4 is 0 Å². The minimum atomic E-state index is -0.106. The predicted molar refractivity (Wildman–Crippen MR) is 76.7 cm³/mol. The second kappa shape index (κ2) is 6.94. The number of aliphatic hydroxyl groups is 1. The second-order valence-corrected chi connectivity index (χ2v) is 5.85. The van der Waals surface area contributed by atoms with Crippen LogP contribution in [0.2, 0.25) is 0 Å². The van der Waals surface area contributed by atoms with Crippen LogP contribution in [0.5, 0.6) is 0 Å². The zero-order chi connectivity index (χ0) is 12.8. The molecule has 1 unspecified atom stereocenters. The van der Waals surface area contributed by atoms with E-state index in [0.29, 0.717) is 0 Å². The fourth-order valence-electron chi connectivity index (χ4n) is 3.08. The van der Waals surface area contributed by atoms with Gasteiger partial charge in [-0.1, -0.05) is 49.9 Å². The Morgan fingerprint density at radius 2 is 1.89 bits per heavy atom. The van der Waals surface area contributed by atoms with Gasteiger partial charge in [0, 0.05) is 0 Å². The molecule has 0 amide bonds. The zero-order valence-electron chi connectivity index (χ0n) is 11.6. The van der Waals surface area contributed by atoms with Gasteiger partial charge in [-0.2, -0.15) is 0 Å². The largest absolute Gasteiger partial charge is 0.393 e. The Morgan fingerprint density at radius 1 is 1.17 bits per heavy atom. The van der Waals surface area contributed by atoms with E-state index in [1.807, 2.05) is 0 Å². The van der Waals surface area contributed by atoms with E-state index in [1.54, 1.807) is 0 Å². The Balaban J connectivity index is 1.68. The third-order valence-corrected chi connectivity index (χ3v) is 4.39. The molecule has 1 aromatic carbocycles. The van der Waals surface area contributed by atoms with Crippen LogP contribution in [0, 0.1) is 12.8 Å². The SMILES string of the molecule is Cc1ccccc1CCC(O)CCC1CCCC1. The van der Waals surface area contributed by atoms with Gasteiger partial charge < -0.3 is 5.11 Å². The Labute approximate surface area is 111 Å². The molecule has 18 heavy (non-hydrogen) atoms.